The van der Waals surface area contributed by atoms with E-state index < -0.39 is 0 Å². The molecule has 2 N–H and O–H groups in total. The molecule has 0 saturated heterocycles. The molecule has 0 aliphatic carbocycles. The van der Waals surface area contributed by atoms with E-state index in [9.17, 15) is 4.79 Å². The second kappa shape index (κ2) is 10.8. The van der Waals surface area contributed by atoms with E-state index in [-0.39, 0.29) is 18.4 Å². The molecule has 0 radical (unpaired) electrons. The first kappa shape index (κ1) is 19.2. The molecule has 0 amide bonds. The maximum Gasteiger partial charge on any atom is 0.305 e. The molecule has 2 aromatic rings. The molecule has 0 spiro atoms. The predicted molar refractivity (Wildman–Crippen MR) is 95.8 cm³/mol. The van der Waals surface area contributed by atoms with Gasteiger partial charge in [0.2, 0.25) is 0 Å². The van der Waals surface area contributed by atoms with Gasteiger partial charge in [0.05, 0.1) is 0 Å². The van der Waals surface area contributed by atoms with Crippen molar-refractivity contribution in [3.05, 3.63) is 71.8 Å². The van der Waals surface area contributed by atoms with Crippen molar-refractivity contribution in [1.82, 2.24) is 0 Å². The minimum Gasteiger partial charge on any atom is -0.464 e. The summed E-state index contributed by atoms with van der Waals surface area (Å²) in [6.45, 7) is 0.683. The lowest BCUT2D eigenvalue weighted by Crippen LogP contribution is -2.13. The third-order valence-corrected chi connectivity index (χ3v) is 3.66. The highest BCUT2D eigenvalue weighted by Gasteiger charge is 2.14. The highest BCUT2D eigenvalue weighted by atomic mass is 35.5. The van der Waals surface area contributed by atoms with Crippen molar-refractivity contribution in [2.24, 2.45) is 5.73 Å². The minimum absolute atomic E-state index is 0. The summed E-state index contributed by atoms with van der Waals surface area (Å²) >= 11 is 0. The third-order valence-electron chi connectivity index (χ3n) is 3.66. The van der Waals surface area contributed by atoms with Gasteiger partial charge in [-0.3, -0.25) is 4.79 Å². The molecule has 3 nitrogen and oxygen atoms in total. The van der Waals surface area contributed by atoms with Gasteiger partial charge in [0.25, 0.3) is 0 Å². The number of benzene rings is 2. The van der Waals surface area contributed by atoms with Gasteiger partial charge >= 0.3 is 5.97 Å². The zero-order valence-electron chi connectivity index (χ0n) is 13.2. The molecule has 0 fully saturated rings. The van der Waals surface area contributed by atoms with E-state index in [0.717, 1.165) is 12.8 Å². The summed E-state index contributed by atoms with van der Waals surface area (Å²) in [6.07, 6.45) is 2.17. The SMILES string of the molecule is Cl.NCCOC(=O)CCCC(c1ccccc1)c1ccccc1. The maximum atomic E-state index is 11.6. The molecular formula is C19H24ClNO2. The third kappa shape index (κ3) is 6.43. The Kier molecular flexibility index (Phi) is 9.03. The number of hydrogen-bond acceptors (Lipinski definition) is 3. The lowest BCUT2D eigenvalue weighted by Gasteiger charge is -2.18. The topological polar surface area (TPSA) is 52.3 Å². The summed E-state index contributed by atoms with van der Waals surface area (Å²) in [6, 6.07) is 20.8. The number of ether oxygens (including phenoxy) is 1. The van der Waals surface area contributed by atoms with Crippen molar-refractivity contribution < 1.29 is 9.53 Å². The number of carbonyl (C=O) groups is 1. The van der Waals surface area contributed by atoms with Gasteiger partial charge in [-0.1, -0.05) is 60.7 Å². The summed E-state index contributed by atoms with van der Waals surface area (Å²) in [4.78, 5) is 11.6. The number of halogens is 1. The lowest BCUT2D eigenvalue weighted by atomic mass is 9.87. The summed E-state index contributed by atoms with van der Waals surface area (Å²) in [5.74, 6) is 0.148. The Morgan fingerprint density at radius 1 is 0.957 bits per heavy atom. The summed E-state index contributed by atoms with van der Waals surface area (Å²) in [5.41, 5.74) is 7.89. The zero-order valence-corrected chi connectivity index (χ0v) is 14.0. The monoisotopic (exact) mass is 333 g/mol. The molecule has 4 heteroatoms. The molecule has 0 heterocycles. The van der Waals surface area contributed by atoms with Gasteiger partial charge in [0.1, 0.15) is 6.61 Å². The average molecular weight is 334 g/mol. The molecule has 2 aromatic carbocycles. The van der Waals surface area contributed by atoms with Crippen molar-refractivity contribution in [1.29, 1.82) is 0 Å². The van der Waals surface area contributed by atoms with Crippen LogP contribution < -0.4 is 5.73 Å². The fraction of sp³-hybridized carbons (Fsp3) is 0.316. The van der Waals surface area contributed by atoms with Crippen LogP contribution >= 0.6 is 12.4 Å². The molecule has 0 unspecified atom stereocenters. The summed E-state index contributed by atoms with van der Waals surface area (Å²) in [7, 11) is 0. The van der Waals surface area contributed by atoms with Crippen molar-refractivity contribution >= 4 is 18.4 Å². The van der Waals surface area contributed by atoms with Gasteiger partial charge in [0, 0.05) is 18.9 Å². The first-order valence-electron chi connectivity index (χ1n) is 7.77. The highest BCUT2D eigenvalue weighted by molar-refractivity contribution is 5.85. The van der Waals surface area contributed by atoms with E-state index >= 15 is 0 Å². The molecule has 0 atom stereocenters. The van der Waals surface area contributed by atoms with E-state index in [1.807, 2.05) is 12.1 Å². The molecule has 0 aliphatic rings. The number of rotatable bonds is 8. The van der Waals surface area contributed by atoms with Crippen molar-refractivity contribution in [3.63, 3.8) is 0 Å². The van der Waals surface area contributed by atoms with Crippen LogP contribution in [0.1, 0.15) is 36.3 Å². The van der Waals surface area contributed by atoms with Crippen LogP contribution in [0.15, 0.2) is 60.7 Å². The van der Waals surface area contributed by atoms with Crippen LogP contribution in [0.5, 0.6) is 0 Å². The van der Waals surface area contributed by atoms with Gasteiger partial charge in [0.15, 0.2) is 0 Å². The molecule has 2 rings (SSSR count). The smallest absolute Gasteiger partial charge is 0.305 e. The Labute approximate surface area is 144 Å². The van der Waals surface area contributed by atoms with E-state index in [1.165, 1.54) is 11.1 Å². The minimum atomic E-state index is -0.162. The van der Waals surface area contributed by atoms with Crippen LogP contribution in [0.3, 0.4) is 0 Å². The van der Waals surface area contributed by atoms with Crippen LogP contribution in [0, 0.1) is 0 Å². The van der Waals surface area contributed by atoms with Gasteiger partial charge < -0.3 is 10.5 Å². The largest absolute Gasteiger partial charge is 0.464 e. The molecule has 0 aliphatic heterocycles. The Balaban J connectivity index is 0.00000264. The Bertz CT molecular complexity index is 521. The number of hydrogen-bond donors (Lipinski definition) is 1. The zero-order chi connectivity index (χ0) is 15.6. The number of nitrogens with two attached hydrogens (primary N) is 1. The maximum absolute atomic E-state index is 11.6. The Morgan fingerprint density at radius 2 is 1.48 bits per heavy atom. The fourth-order valence-electron chi connectivity index (χ4n) is 2.59. The van der Waals surface area contributed by atoms with Crippen LogP contribution in [0.4, 0.5) is 0 Å². The van der Waals surface area contributed by atoms with Crippen LogP contribution in [-0.2, 0) is 9.53 Å². The lowest BCUT2D eigenvalue weighted by molar-refractivity contribution is -0.143. The molecule has 23 heavy (non-hydrogen) atoms. The van der Waals surface area contributed by atoms with E-state index in [0.29, 0.717) is 25.5 Å². The number of carbonyl (C=O) groups excluding carboxylic acids is 1. The molecule has 0 bridgehead atoms. The molecule has 0 saturated carbocycles. The molecular weight excluding hydrogens is 310 g/mol. The van der Waals surface area contributed by atoms with E-state index in [2.05, 4.69) is 48.5 Å². The summed E-state index contributed by atoms with van der Waals surface area (Å²) in [5, 5.41) is 0. The van der Waals surface area contributed by atoms with Gasteiger partial charge in [-0.25, -0.2) is 0 Å². The highest BCUT2D eigenvalue weighted by Crippen LogP contribution is 2.29. The van der Waals surface area contributed by atoms with Gasteiger partial charge in [-0.15, -0.1) is 12.4 Å². The van der Waals surface area contributed by atoms with Crippen molar-refractivity contribution in [3.8, 4) is 0 Å². The van der Waals surface area contributed by atoms with Crippen LogP contribution in [-0.4, -0.2) is 19.1 Å². The van der Waals surface area contributed by atoms with E-state index in [4.69, 9.17) is 10.5 Å². The van der Waals surface area contributed by atoms with Crippen LogP contribution in [0.2, 0.25) is 0 Å². The standard InChI is InChI=1S/C19H23NO2.ClH/c20-14-15-22-19(21)13-7-12-18(16-8-3-1-4-9-16)17-10-5-2-6-11-17;/h1-6,8-11,18H,7,12-15,20H2;1H. The first-order valence-corrected chi connectivity index (χ1v) is 7.77. The summed E-state index contributed by atoms with van der Waals surface area (Å²) < 4.78 is 5.02. The van der Waals surface area contributed by atoms with Crippen molar-refractivity contribution in [2.45, 2.75) is 25.2 Å². The van der Waals surface area contributed by atoms with E-state index in [1.54, 1.807) is 0 Å². The Morgan fingerprint density at radius 3 is 1.96 bits per heavy atom. The second-order valence-electron chi connectivity index (χ2n) is 5.28. The molecule has 124 valence electrons. The average Bonchev–Trinajstić information content (AvgIpc) is 2.58. The van der Waals surface area contributed by atoms with Crippen molar-refractivity contribution in [2.75, 3.05) is 13.2 Å². The Hall–Kier alpha value is -1.84. The number of esters is 1. The molecule has 0 aromatic heterocycles. The van der Waals surface area contributed by atoms with Gasteiger partial charge in [-0.05, 0) is 24.0 Å². The van der Waals surface area contributed by atoms with Crippen LogP contribution in [0.25, 0.3) is 0 Å². The second-order valence-corrected chi connectivity index (χ2v) is 5.28. The predicted octanol–water partition coefficient (Wildman–Crippen LogP) is 3.91. The first-order chi connectivity index (χ1) is 10.8. The normalized spacial score (nSPS) is 10.2. The van der Waals surface area contributed by atoms with Gasteiger partial charge in [-0.2, -0.15) is 0 Å². The fourth-order valence-corrected chi connectivity index (χ4v) is 2.59. The quantitative estimate of drug-likeness (QED) is 0.745.